The molecule has 0 aliphatic carbocycles. The van der Waals surface area contributed by atoms with Gasteiger partial charge in [-0.1, -0.05) is 17.7 Å². The van der Waals surface area contributed by atoms with Gasteiger partial charge in [-0.25, -0.2) is 8.42 Å². The third-order valence-electron chi connectivity index (χ3n) is 3.81. The van der Waals surface area contributed by atoms with E-state index in [1.807, 2.05) is 6.07 Å². The number of nitrogens with zero attached hydrogens (tertiary/aromatic N) is 1. The Bertz CT molecular complexity index is 1060. The Balaban J connectivity index is 1.52. The van der Waals surface area contributed by atoms with Crippen LogP contribution in [0.1, 0.15) is 5.56 Å². The van der Waals surface area contributed by atoms with Gasteiger partial charge in [-0.2, -0.15) is 0 Å². The predicted molar refractivity (Wildman–Crippen MR) is 110 cm³/mol. The summed E-state index contributed by atoms with van der Waals surface area (Å²) in [6.45, 7) is 0.166. The Morgan fingerprint density at radius 2 is 1.76 bits per heavy atom. The molecule has 9 heteroatoms. The lowest BCUT2D eigenvalue weighted by atomic mass is 10.3. The molecule has 150 valence electrons. The lowest BCUT2D eigenvalue weighted by Gasteiger charge is -2.10. The van der Waals surface area contributed by atoms with Gasteiger partial charge in [0.25, 0.3) is 15.9 Å². The second-order valence-electron chi connectivity index (χ2n) is 6.01. The molecule has 0 saturated heterocycles. The number of hydrogen-bond acceptors (Lipinski definition) is 5. The highest BCUT2D eigenvalue weighted by Gasteiger charge is 2.14. The van der Waals surface area contributed by atoms with Crippen LogP contribution in [0.15, 0.2) is 78.0 Å². The van der Waals surface area contributed by atoms with Crippen molar-refractivity contribution in [3.63, 3.8) is 0 Å². The van der Waals surface area contributed by atoms with Crippen LogP contribution < -0.4 is 14.8 Å². The molecule has 0 bridgehead atoms. The van der Waals surface area contributed by atoms with Crippen LogP contribution in [0.3, 0.4) is 0 Å². The van der Waals surface area contributed by atoms with Gasteiger partial charge in [0.15, 0.2) is 6.61 Å². The van der Waals surface area contributed by atoms with Gasteiger partial charge in [0.1, 0.15) is 5.75 Å². The first kappa shape index (κ1) is 20.6. The smallest absolute Gasteiger partial charge is 0.261 e. The SMILES string of the molecule is O=C(COc1ccc(S(=O)(=O)Nc2ccc(Cl)cc2)cc1)NCc1cccnc1. The summed E-state index contributed by atoms with van der Waals surface area (Å²) in [6.07, 6.45) is 3.32. The van der Waals surface area contributed by atoms with Crippen LogP contribution in [0.4, 0.5) is 5.69 Å². The second-order valence-corrected chi connectivity index (χ2v) is 8.13. The zero-order valence-electron chi connectivity index (χ0n) is 15.2. The van der Waals surface area contributed by atoms with Crippen molar-refractivity contribution >= 4 is 33.2 Å². The maximum Gasteiger partial charge on any atom is 0.261 e. The molecule has 29 heavy (non-hydrogen) atoms. The molecule has 2 N–H and O–H groups in total. The number of benzene rings is 2. The Morgan fingerprint density at radius 3 is 2.41 bits per heavy atom. The van der Waals surface area contributed by atoms with Crippen molar-refractivity contribution in [3.05, 3.63) is 83.6 Å². The van der Waals surface area contributed by atoms with Crippen LogP contribution in [0, 0.1) is 0 Å². The van der Waals surface area contributed by atoms with Crippen LogP contribution in [0.5, 0.6) is 5.75 Å². The first-order valence-corrected chi connectivity index (χ1v) is 10.5. The van der Waals surface area contributed by atoms with E-state index in [1.165, 1.54) is 24.3 Å². The van der Waals surface area contributed by atoms with Crippen LogP contribution in [0.25, 0.3) is 0 Å². The Morgan fingerprint density at radius 1 is 1.03 bits per heavy atom. The summed E-state index contributed by atoms with van der Waals surface area (Å²) in [5.41, 5.74) is 1.28. The van der Waals surface area contributed by atoms with Gasteiger partial charge in [0, 0.05) is 29.6 Å². The average molecular weight is 432 g/mol. The molecule has 3 aromatic rings. The Hall–Kier alpha value is -3.10. The molecule has 0 spiro atoms. The number of halogens is 1. The van der Waals surface area contributed by atoms with E-state index >= 15 is 0 Å². The minimum Gasteiger partial charge on any atom is -0.484 e. The highest BCUT2D eigenvalue weighted by molar-refractivity contribution is 7.92. The van der Waals surface area contributed by atoms with Crippen molar-refractivity contribution in [3.8, 4) is 5.75 Å². The van der Waals surface area contributed by atoms with E-state index in [0.717, 1.165) is 5.56 Å². The minimum absolute atomic E-state index is 0.0702. The first-order valence-electron chi connectivity index (χ1n) is 8.59. The van der Waals surface area contributed by atoms with Gasteiger partial charge < -0.3 is 10.1 Å². The van der Waals surface area contributed by atoms with E-state index in [4.69, 9.17) is 16.3 Å². The fourth-order valence-electron chi connectivity index (χ4n) is 2.35. The number of hydrogen-bond donors (Lipinski definition) is 2. The minimum atomic E-state index is -3.75. The zero-order chi connectivity index (χ0) is 20.7. The molecule has 2 aromatic carbocycles. The van der Waals surface area contributed by atoms with E-state index in [-0.39, 0.29) is 17.4 Å². The maximum absolute atomic E-state index is 12.4. The third kappa shape index (κ3) is 6.20. The number of carbonyl (C=O) groups excluding carboxylic acids is 1. The summed E-state index contributed by atoms with van der Waals surface area (Å²) < 4.78 is 32.7. The zero-order valence-corrected chi connectivity index (χ0v) is 16.8. The molecule has 1 aromatic heterocycles. The lowest BCUT2D eigenvalue weighted by molar-refractivity contribution is -0.123. The lowest BCUT2D eigenvalue weighted by Crippen LogP contribution is -2.28. The summed E-state index contributed by atoms with van der Waals surface area (Å²) in [6, 6.07) is 15.8. The van der Waals surface area contributed by atoms with Crippen LogP contribution in [-0.2, 0) is 21.4 Å². The molecule has 0 saturated carbocycles. The van der Waals surface area contributed by atoms with Gasteiger partial charge in [0.05, 0.1) is 4.90 Å². The van der Waals surface area contributed by atoms with Crippen molar-refractivity contribution in [2.24, 2.45) is 0 Å². The molecule has 0 unspecified atom stereocenters. The molecule has 3 rings (SSSR count). The highest BCUT2D eigenvalue weighted by Crippen LogP contribution is 2.20. The summed E-state index contributed by atoms with van der Waals surface area (Å²) in [7, 11) is -3.75. The monoisotopic (exact) mass is 431 g/mol. The summed E-state index contributed by atoms with van der Waals surface area (Å²) in [4.78, 5) is 15.9. The van der Waals surface area contributed by atoms with Gasteiger partial charge in [-0.15, -0.1) is 0 Å². The Kier molecular flexibility index (Phi) is 6.69. The van der Waals surface area contributed by atoms with E-state index in [9.17, 15) is 13.2 Å². The van der Waals surface area contributed by atoms with Crippen molar-refractivity contribution < 1.29 is 17.9 Å². The van der Waals surface area contributed by atoms with E-state index < -0.39 is 10.0 Å². The van der Waals surface area contributed by atoms with Gasteiger partial charge >= 0.3 is 0 Å². The maximum atomic E-state index is 12.4. The molecule has 0 aliphatic rings. The largest absolute Gasteiger partial charge is 0.484 e. The number of rotatable bonds is 8. The molecule has 0 radical (unpaired) electrons. The van der Waals surface area contributed by atoms with Gasteiger partial charge in [0.2, 0.25) is 0 Å². The molecule has 1 heterocycles. The number of carbonyl (C=O) groups is 1. The Labute approximate surface area is 173 Å². The number of amides is 1. The summed E-state index contributed by atoms with van der Waals surface area (Å²) >= 11 is 5.80. The van der Waals surface area contributed by atoms with E-state index in [1.54, 1.807) is 42.7 Å². The average Bonchev–Trinajstić information content (AvgIpc) is 2.73. The fourth-order valence-corrected chi connectivity index (χ4v) is 3.53. The summed E-state index contributed by atoms with van der Waals surface area (Å²) in [5, 5.41) is 3.23. The van der Waals surface area contributed by atoms with Gasteiger partial charge in [-0.3, -0.25) is 14.5 Å². The first-order chi connectivity index (χ1) is 13.9. The standard InChI is InChI=1S/C20H18ClN3O4S/c21-16-3-5-17(6-4-16)24-29(26,27)19-9-7-18(8-10-19)28-14-20(25)23-13-15-2-1-11-22-12-15/h1-12,24H,13-14H2,(H,23,25). The molecule has 0 atom stereocenters. The predicted octanol–water partition coefficient (Wildman–Crippen LogP) is 3.23. The normalized spacial score (nSPS) is 10.9. The molecule has 0 aliphatic heterocycles. The topological polar surface area (TPSA) is 97.4 Å². The number of sulfonamides is 1. The molecule has 7 nitrogen and oxygen atoms in total. The fraction of sp³-hybridized carbons (Fsp3) is 0.100. The van der Waals surface area contributed by atoms with Crippen LogP contribution in [-0.4, -0.2) is 25.9 Å². The number of ether oxygens (including phenoxy) is 1. The second kappa shape index (κ2) is 9.40. The van der Waals surface area contributed by atoms with E-state index in [2.05, 4.69) is 15.0 Å². The number of pyridine rings is 1. The van der Waals surface area contributed by atoms with Gasteiger partial charge in [-0.05, 0) is 60.2 Å². The van der Waals surface area contributed by atoms with E-state index in [0.29, 0.717) is 23.0 Å². The number of anilines is 1. The highest BCUT2D eigenvalue weighted by atomic mass is 35.5. The molecular weight excluding hydrogens is 414 g/mol. The molecule has 0 fully saturated rings. The van der Waals surface area contributed by atoms with Crippen molar-refractivity contribution in [1.29, 1.82) is 0 Å². The van der Waals surface area contributed by atoms with Crippen molar-refractivity contribution in [1.82, 2.24) is 10.3 Å². The summed E-state index contributed by atoms with van der Waals surface area (Å²) in [5.74, 6) is 0.0851. The van der Waals surface area contributed by atoms with Crippen molar-refractivity contribution in [2.45, 2.75) is 11.4 Å². The van der Waals surface area contributed by atoms with Crippen LogP contribution in [0.2, 0.25) is 5.02 Å². The molecule has 1 amide bonds. The quantitative estimate of drug-likeness (QED) is 0.570. The number of nitrogens with one attached hydrogen (secondary N) is 2. The molecular formula is C20H18ClN3O4S. The van der Waals surface area contributed by atoms with Crippen LogP contribution >= 0.6 is 11.6 Å². The third-order valence-corrected chi connectivity index (χ3v) is 5.46. The van der Waals surface area contributed by atoms with Crippen molar-refractivity contribution in [2.75, 3.05) is 11.3 Å². The number of aromatic nitrogens is 1.